The molecule has 0 aliphatic heterocycles. The van der Waals surface area contributed by atoms with Crippen LogP contribution in [0, 0.1) is 5.41 Å². The highest BCUT2D eigenvalue weighted by Gasteiger charge is 2.21. The Kier molecular flexibility index (Phi) is 5.12. The number of H-pyrrole nitrogens is 1. The van der Waals surface area contributed by atoms with Crippen molar-refractivity contribution in [3.8, 4) is 5.75 Å². The number of benzene rings is 2. The van der Waals surface area contributed by atoms with Crippen LogP contribution in [0.15, 0.2) is 48.7 Å². The van der Waals surface area contributed by atoms with Crippen molar-refractivity contribution in [2.45, 2.75) is 20.8 Å². The second-order valence-electron chi connectivity index (χ2n) is 7.24. The minimum Gasteiger partial charge on any atom is -0.484 e. The number of aromatic nitrogens is 2. The predicted molar refractivity (Wildman–Crippen MR) is 105 cm³/mol. The molecule has 0 saturated carbocycles. The van der Waals surface area contributed by atoms with Gasteiger partial charge in [0.25, 0.3) is 5.91 Å². The molecule has 0 aliphatic carbocycles. The Morgan fingerprint density at radius 2 is 1.85 bits per heavy atom. The van der Waals surface area contributed by atoms with Crippen molar-refractivity contribution in [2.24, 2.45) is 5.41 Å². The van der Waals surface area contributed by atoms with Crippen LogP contribution in [0.2, 0.25) is 0 Å². The minimum absolute atomic E-state index is 0.0911. The first-order valence-corrected chi connectivity index (χ1v) is 8.58. The van der Waals surface area contributed by atoms with Crippen LogP contribution < -0.4 is 15.4 Å². The summed E-state index contributed by atoms with van der Waals surface area (Å²) >= 11 is 0. The quantitative estimate of drug-likeness (QED) is 0.643. The van der Waals surface area contributed by atoms with Crippen LogP contribution >= 0.6 is 0 Å². The molecule has 0 bridgehead atoms. The van der Waals surface area contributed by atoms with Crippen LogP contribution in [0.4, 0.5) is 11.4 Å². The zero-order valence-corrected chi connectivity index (χ0v) is 15.5. The highest BCUT2D eigenvalue weighted by molar-refractivity contribution is 5.95. The molecule has 1 heterocycles. The molecule has 0 fully saturated rings. The first-order valence-electron chi connectivity index (χ1n) is 8.58. The second kappa shape index (κ2) is 7.49. The van der Waals surface area contributed by atoms with Crippen LogP contribution in [0.3, 0.4) is 0 Å². The van der Waals surface area contributed by atoms with Gasteiger partial charge in [0.05, 0.1) is 11.7 Å². The second-order valence-corrected chi connectivity index (χ2v) is 7.24. The summed E-state index contributed by atoms with van der Waals surface area (Å²) in [5, 5.41) is 13.4. The molecule has 3 rings (SSSR count). The molecule has 3 N–H and O–H groups in total. The third-order valence-electron chi connectivity index (χ3n) is 3.87. The molecule has 27 heavy (non-hydrogen) atoms. The molecule has 0 spiro atoms. The van der Waals surface area contributed by atoms with Crippen molar-refractivity contribution in [3.05, 3.63) is 48.7 Å². The summed E-state index contributed by atoms with van der Waals surface area (Å²) in [7, 11) is 0. The largest absolute Gasteiger partial charge is 0.484 e. The first-order chi connectivity index (χ1) is 12.8. The van der Waals surface area contributed by atoms with Gasteiger partial charge >= 0.3 is 0 Å². The number of ether oxygens (including phenoxy) is 1. The van der Waals surface area contributed by atoms with E-state index in [4.69, 9.17) is 4.74 Å². The van der Waals surface area contributed by atoms with Gasteiger partial charge in [-0.3, -0.25) is 14.7 Å². The summed E-state index contributed by atoms with van der Waals surface area (Å²) in [6.45, 7) is 5.38. The lowest BCUT2D eigenvalue weighted by Gasteiger charge is -2.18. The molecule has 140 valence electrons. The van der Waals surface area contributed by atoms with Gasteiger partial charge in [0.1, 0.15) is 5.75 Å². The standard InChI is InChI=1S/C20H22N4O3/c1-20(2,3)19(26)23-14-5-4-6-16(9-14)27-12-18(25)22-15-8-7-13-11-21-24-17(13)10-15/h4-11H,12H2,1-3H3,(H,21,24)(H,22,25)(H,23,26). The van der Waals surface area contributed by atoms with Crippen LogP contribution in [0.5, 0.6) is 5.75 Å². The van der Waals surface area contributed by atoms with Gasteiger partial charge in [-0.2, -0.15) is 5.10 Å². The predicted octanol–water partition coefficient (Wildman–Crippen LogP) is 3.57. The summed E-state index contributed by atoms with van der Waals surface area (Å²) in [5.41, 5.74) is 1.63. The van der Waals surface area contributed by atoms with E-state index in [0.717, 1.165) is 10.9 Å². The fourth-order valence-electron chi connectivity index (χ4n) is 2.34. The maximum Gasteiger partial charge on any atom is 0.262 e. The third kappa shape index (κ3) is 4.84. The van der Waals surface area contributed by atoms with Gasteiger partial charge in [0, 0.05) is 28.2 Å². The van der Waals surface area contributed by atoms with Crippen molar-refractivity contribution in [2.75, 3.05) is 17.2 Å². The molecule has 2 amide bonds. The summed E-state index contributed by atoms with van der Waals surface area (Å²) < 4.78 is 5.54. The number of carbonyl (C=O) groups is 2. The summed E-state index contributed by atoms with van der Waals surface area (Å²) in [5.74, 6) is 0.130. The molecular formula is C20H22N4O3. The van der Waals surface area contributed by atoms with Crippen LogP contribution in [-0.2, 0) is 9.59 Å². The van der Waals surface area contributed by atoms with Crippen molar-refractivity contribution in [1.82, 2.24) is 10.2 Å². The SMILES string of the molecule is CC(C)(C)C(=O)Nc1cccc(OCC(=O)Nc2ccc3cn[nH]c3c2)c1. The van der Waals surface area contributed by atoms with E-state index in [9.17, 15) is 9.59 Å². The van der Waals surface area contributed by atoms with Gasteiger partial charge in [0.2, 0.25) is 5.91 Å². The number of aromatic amines is 1. The Hall–Kier alpha value is -3.35. The maximum absolute atomic E-state index is 12.1. The number of amides is 2. The summed E-state index contributed by atoms with van der Waals surface area (Å²) in [4.78, 5) is 24.2. The molecule has 0 atom stereocenters. The minimum atomic E-state index is -0.494. The van der Waals surface area contributed by atoms with Crippen LogP contribution in [0.1, 0.15) is 20.8 Å². The molecule has 7 nitrogen and oxygen atoms in total. The first kappa shape index (κ1) is 18.4. The Bertz CT molecular complexity index is 973. The van der Waals surface area contributed by atoms with E-state index in [1.807, 2.05) is 32.9 Å². The van der Waals surface area contributed by atoms with Gasteiger partial charge in [-0.25, -0.2) is 0 Å². The van der Waals surface area contributed by atoms with Gasteiger partial charge in [0.15, 0.2) is 6.61 Å². The van der Waals surface area contributed by atoms with Crippen molar-refractivity contribution >= 4 is 34.1 Å². The van der Waals surface area contributed by atoms with E-state index in [-0.39, 0.29) is 18.4 Å². The van der Waals surface area contributed by atoms with Gasteiger partial charge in [-0.15, -0.1) is 0 Å². The van der Waals surface area contributed by atoms with Gasteiger partial charge < -0.3 is 15.4 Å². The number of anilines is 2. The highest BCUT2D eigenvalue weighted by Crippen LogP contribution is 2.21. The van der Waals surface area contributed by atoms with Crippen molar-refractivity contribution in [3.63, 3.8) is 0 Å². The van der Waals surface area contributed by atoms with Crippen molar-refractivity contribution in [1.29, 1.82) is 0 Å². The number of hydrogen-bond acceptors (Lipinski definition) is 4. The zero-order chi connectivity index (χ0) is 19.4. The number of rotatable bonds is 5. The van der Waals surface area contributed by atoms with Gasteiger partial charge in [-0.1, -0.05) is 26.8 Å². The van der Waals surface area contributed by atoms with Gasteiger partial charge in [-0.05, 0) is 30.3 Å². The number of nitrogens with zero attached hydrogens (tertiary/aromatic N) is 1. The van der Waals surface area contributed by atoms with E-state index in [1.54, 1.807) is 36.5 Å². The Morgan fingerprint density at radius 3 is 2.63 bits per heavy atom. The molecule has 7 heteroatoms. The average Bonchev–Trinajstić information content (AvgIpc) is 3.07. The Balaban J connectivity index is 1.56. The lowest BCUT2D eigenvalue weighted by Crippen LogP contribution is -2.27. The molecule has 0 unspecified atom stereocenters. The average molecular weight is 366 g/mol. The normalized spacial score (nSPS) is 11.2. The Labute approximate surface area is 157 Å². The molecule has 2 aromatic carbocycles. The maximum atomic E-state index is 12.1. The topological polar surface area (TPSA) is 96.1 Å². The van der Waals surface area contributed by atoms with Crippen molar-refractivity contribution < 1.29 is 14.3 Å². The molecular weight excluding hydrogens is 344 g/mol. The third-order valence-corrected chi connectivity index (χ3v) is 3.87. The van der Waals surface area contributed by atoms with Crippen LogP contribution in [-0.4, -0.2) is 28.6 Å². The fourth-order valence-corrected chi connectivity index (χ4v) is 2.34. The number of nitrogens with one attached hydrogen (secondary N) is 3. The van der Waals surface area contributed by atoms with E-state index < -0.39 is 5.41 Å². The number of fused-ring (bicyclic) bond motifs is 1. The molecule has 0 saturated heterocycles. The fraction of sp³-hybridized carbons (Fsp3) is 0.250. The molecule has 0 aliphatic rings. The zero-order valence-electron chi connectivity index (χ0n) is 15.5. The summed E-state index contributed by atoms with van der Waals surface area (Å²) in [6, 6.07) is 12.4. The molecule has 1 aromatic heterocycles. The van der Waals surface area contributed by atoms with E-state index in [0.29, 0.717) is 17.1 Å². The smallest absolute Gasteiger partial charge is 0.262 e. The van der Waals surface area contributed by atoms with E-state index in [2.05, 4.69) is 20.8 Å². The number of hydrogen-bond donors (Lipinski definition) is 3. The lowest BCUT2D eigenvalue weighted by molar-refractivity contribution is -0.123. The number of carbonyl (C=O) groups excluding carboxylic acids is 2. The Morgan fingerprint density at radius 1 is 1.07 bits per heavy atom. The lowest BCUT2D eigenvalue weighted by atomic mass is 9.95. The monoisotopic (exact) mass is 366 g/mol. The molecule has 0 radical (unpaired) electrons. The van der Waals surface area contributed by atoms with E-state index >= 15 is 0 Å². The highest BCUT2D eigenvalue weighted by atomic mass is 16.5. The van der Waals surface area contributed by atoms with E-state index in [1.165, 1.54) is 0 Å². The summed E-state index contributed by atoms with van der Waals surface area (Å²) in [6.07, 6.45) is 1.72. The molecule has 3 aromatic rings. The van der Waals surface area contributed by atoms with Crippen LogP contribution in [0.25, 0.3) is 10.9 Å².